The SMILES string of the molecule is CC/C=N/C(F)=C\C(C)F. The zero-order chi connectivity index (χ0) is 7.98. The lowest BCUT2D eigenvalue weighted by Crippen LogP contribution is -1.85. The van der Waals surface area contributed by atoms with Gasteiger partial charge in [0.15, 0.2) is 0 Å². The van der Waals surface area contributed by atoms with E-state index in [4.69, 9.17) is 0 Å². The Labute approximate surface area is 59.5 Å². The fraction of sp³-hybridized carbons (Fsp3) is 0.571. The van der Waals surface area contributed by atoms with Crippen LogP contribution in [0.1, 0.15) is 20.3 Å². The van der Waals surface area contributed by atoms with E-state index in [2.05, 4.69) is 4.99 Å². The third-order valence-corrected chi connectivity index (χ3v) is 0.764. The highest BCUT2D eigenvalue weighted by molar-refractivity contribution is 5.57. The van der Waals surface area contributed by atoms with Gasteiger partial charge in [0, 0.05) is 12.3 Å². The molecule has 0 aromatic carbocycles. The minimum absolute atomic E-state index is 0.655. The van der Waals surface area contributed by atoms with Crippen molar-refractivity contribution in [1.82, 2.24) is 0 Å². The van der Waals surface area contributed by atoms with Crippen molar-refractivity contribution in [3.8, 4) is 0 Å². The first kappa shape index (κ1) is 9.27. The molecular weight excluding hydrogens is 136 g/mol. The van der Waals surface area contributed by atoms with Crippen molar-refractivity contribution in [2.24, 2.45) is 4.99 Å². The Kier molecular flexibility index (Phi) is 4.72. The predicted molar refractivity (Wildman–Crippen MR) is 38.5 cm³/mol. The highest BCUT2D eigenvalue weighted by Gasteiger charge is 1.94. The Morgan fingerprint density at radius 2 is 2.30 bits per heavy atom. The van der Waals surface area contributed by atoms with Crippen molar-refractivity contribution in [3.05, 3.63) is 12.0 Å². The molecule has 0 aliphatic rings. The number of halogens is 2. The number of nitrogens with zero attached hydrogens (tertiary/aromatic N) is 1. The van der Waals surface area contributed by atoms with Gasteiger partial charge < -0.3 is 0 Å². The lowest BCUT2D eigenvalue weighted by Gasteiger charge is -1.89. The van der Waals surface area contributed by atoms with E-state index in [1.54, 1.807) is 0 Å². The Balaban J connectivity index is 3.82. The second-order valence-electron chi connectivity index (χ2n) is 1.89. The van der Waals surface area contributed by atoms with E-state index >= 15 is 0 Å². The molecule has 0 bridgehead atoms. The first-order valence-electron chi connectivity index (χ1n) is 3.20. The topological polar surface area (TPSA) is 12.4 Å². The maximum Gasteiger partial charge on any atom is 0.211 e. The average Bonchev–Trinajstić information content (AvgIpc) is 1.82. The normalized spacial score (nSPS) is 16.2. The molecule has 58 valence electrons. The molecule has 1 unspecified atom stereocenters. The summed E-state index contributed by atoms with van der Waals surface area (Å²) in [6.07, 6.45) is 1.61. The summed E-state index contributed by atoms with van der Waals surface area (Å²) in [7, 11) is 0. The number of aliphatic imine (C=N–C) groups is 1. The zero-order valence-corrected chi connectivity index (χ0v) is 6.14. The van der Waals surface area contributed by atoms with E-state index in [1.165, 1.54) is 13.1 Å². The second kappa shape index (κ2) is 5.09. The Hall–Kier alpha value is -0.730. The summed E-state index contributed by atoms with van der Waals surface area (Å²) in [6, 6.07) is 0. The van der Waals surface area contributed by atoms with Gasteiger partial charge in [-0.25, -0.2) is 9.38 Å². The van der Waals surface area contributed by atoms with Gasteiger partial charge in [-0.05, 0) is 13.3 Å². The fourth-order valence-electron chi connectivity index (χ4n) is 0.411. The van der Waals surface area contributed by atoms with Gasteiger partial charge in [-0.2, -0.15) is 4.39 Å². The quantitative estimate of drug-likeness (QED) is 0.430. The van der Waals surface area contributed by atoms with Crippen molar-refractivity contribution in [2.75, 3.05) is 0 Å². The van der Waals surface area contributed by atoms with Gasteiger partial charge in [0.2, 0.25) is 5.95 Å². The van der Waals surface area contributed by atoms with E-state index in [0.717, 1.165) is 6.08 Å². The third kappa shape index (κ3) is 5.41. The molecule has 1 nitrogen and oxygen atoms in total. The van der Waals surface area contributed by atoms with Crippen LogP contribution in [0.4, 0.5) is 8.78 Å². The number of hydrogen-bond acceptors (Lipinski definition) is 1. The van der Waals surface area contributed by atoms with Crippen LogP contribution in [0.2, 0.25) is 0 Å². The van der Waals surface area contributed by atoms with Crippen LogP contribution in [0, 0.1) is 0 Å². The summed E-state index contributed by atoms with van der Waals surface area (Å²) < 4.78 is 24.3. The van der Waals surface area contributed by atoms with E-state index < -0.39 is 12.1 Å². The largest absolute Gasteiger partial charge is 0.243 e. The van der Waals surface area contributed by atoms with Crippen molar-refractivity contribution >= 4 is 6.21 Å². The Bertz CT molecular complexity index is 139. The molecule has 0 aliphatic carbocycles. The van der Waals surface area contributed by atoms with Gasteiger partial charge in [-0.3, -0.25) is 0 Å². The molecule has 0 saturated carbocycles. The fourth-order valence-corrected chi connectivity index (χ4v) is 0.411. The van der Waals surface area contributed by atoms with Crippen LogP contribution in [0.5, 0.6) is 0 Å². The molecule has 10 heavy (non-hydrogen) atoms. The van der Waals surface area contributed by atoms with Gasteiger partial charge in [0.05, 0.1) is 0 Å². The number of rotatable bonds is 3. The molecule has 3 heteroatoms. The van der Waals surface area contributed by atoms with Crippen molar-refractivity contribution in [1.29, 1.82) is 0 Å². The monoisotopic (exact) mass is 147 g/mol. The van der Waals surface area contributed by atoms with Gasteiger partial charge in [0.25, 0.3) is 0 Å². The summed E-state index contributed by atoms with van der Waals surface area (Å²) in [4.78, 5) is 3.31. The molecule has 0 fully saturated rings. The summed E-state index contributed by atoms with van der Waals surface area (Å²) >= 11 is 0. The predicted octanol–water partition coefficient (Wildman–Crippen LogP) is 2.64. The molecule has 0 saturated heterocycles. The molecule has 0 amide bonds. The van der Waals surface area contributed by atoms with Crippen LogP contribution in [0.3, 0.4) is 0 Å². The van der Waals surface area contributed by atoms with E-state index in [-0.39, 0.29) is 0 Å². The summed E-state index contributed by atoms with van der Waals surface area (Å²) in [5.41, 5.74) is 0. The molecule has 0 aromatic rings. The highest BCUT2D eigenvalue weighted by Crippen LogP contribution is 2.01. The first-order chi connectivity index (χ1) is 4.66. The average molecular weight is 147 g/mol. The third-order valence-electron chi connectivity index (χ3n) is 0.764. The summed E-state index contributed by atoms with van der Waals surface area (Å²) in [5.74, 6) is -0.753. The number of allylic oxidation sites excluding steroid dienone is 1. The molecular formula is C7H11F2N. The standard InChI is InChI=1S/C7H11F2N/c1-3-4-10-7(9)5-6(2)8/h4-6H,3H2,1-2H3/b7-5-,10-4+. The van der Waals surface area contributed by atoms with Gasteiger partial charge in [-0.15, -0.1) is 0 Å². The Morgan fingerprint density at radius 1 is 1.70 bits per heavy atom. The second-order valence-corrected chi connectivity index (χ2v) is 1.89. The molecule has 0 rings (SSSR count). The minimum atomic E-state index is -1.27. The van der Waals surface area contributed by atoms with Crippen molar-refractivity contribution < 1.29 is 8.78 Å². The van der Waals surface area contributed by atoms with Crippen LogP contribution >= 0.6 is 0 Å². The van der Waals surface area contributed by atoms with E-state index in [1.807, 2.05) is 6.92 Å². The molecule has 0 heterocycles. The molecule has 0 spiro atoms. The Morgan fingerprint density at radius 3 is 2.70 bits per heavy atom. The summed E-state index contributed by atoms with van der Waals surface area (Å²) in [6.45, 7) is 3.08. The van der Waals surface area contributed by atoms with Gasteiger partial charge in [0.1, 0.15) is 6.17 Å². The summed E-state index contributed by atoms with van der Waals surface area (Å²) in [5, 5.41) is 0. The van der Waals surface area contributed by atoms with Crippen molar-refractivity contribution in [3.63, 3.8) is 0 Å². The smallest absolute Gasteiger partial charge is 0.211 e. The van der Waals surface area contributed by atoms with Crippen LogP contribution in [0.15, 0.2) is 17.0 Å². The van der Waals surface area contributed by atoms with Gasteiger partial charge in [-0.1, -0.05) is 6.92 Å². The maximum atomic E-state index is 12.3. The lowest BCUT2D eigenvalue weighted by atomic mass is 10.4. The van der Waals surface area contributed by atoms with Crippen LogP contribution in [-0.2, 0) is 0 Å². The van der Waals surface area contributed by atoms with Crippen LogP contribution < -0.4 is 0 Å². The van der Waals surface area contributed by atoms with Crippen LogP contribution in [-0.4, -0.2) is 12.4 Å². The molecule has 0 N–H and O–H groups in total. The van der Waals surface area contributed by atoms with E-state index in [0.29, 0.717) is 6.42 Å². The molecule has 0 aromatic heterocycles. The molecule has 0 radical (unpaired) electrons. The molecule has 1 atom stereocenters. The zero-order valence-electron chi connectivity index (χ0n) is 6.14. The highest BCUT2D eigenvalue weighted by atomic mass is 19.1. The van der Waals surface area contributed by atoms with Crippen LogP contribution in [0.25, 0.3) is 0 Å². The maximum absolute atomic E-state index is 12.3. The number of hydrogen-bond donors (Lipinski definition) is 0. The van der Waals surface area contributed by atoms with Crippen molar-refractivity contribution in [2.45, 2.75) is 26.4 Å². The van der Waals surface area contributed by atoms with E-state index in [9.17, 15) is 8.78 Å². The minimum Gasteiger partial charge on any atom is -0.243 e. The molecule has 0 aliphatic heterocycles. The van der Waals surface area contributed by atoms with Gasteiger partial charge >= 0.3 is 0 Å². The number of alkyl halides is 1. The lowest BCUT2D eigenvalue weighted by molar-refractivity contribution is 0.421. The first-order valence-corrected chi connectivity index (χ1v) is 3.20.